The summed E-state index contributed by atoms with van der Waals surface area (Å²) in [7, 11) is 3.53. The average Bonchev–Trinajstić information content (AvgIpc) is 3.24. The molecule has 2 aliphatic heterocycles. The van der Waals surface area contributed by atoms with Gasteiger partial charge in [-0.3, -0.25) is 9.59 Å². The molecule has 2 aliphatic rings. The predicted molar refractivity (Wildman–Crippen MR) is 117 cm³/mol. The molecule has 2 bridgehead atoms. The van der Waals surface area contributed by atoms with Crippen LogP contribution in [-0.4, -0.2) is 57.3 Å². The molecule has 1 aromatic heterocycles. The van der Waals surface area contributed by atoms with Gasteiger partial charge in [-0.25, -0.2) is 4.98 Å². The van der Waals surface area contributed by atoms with Gasteiger partial charge in [-0.05, 0) is 25.7 Å². The van der Waals surface area contributed by atoms with E-state index in [1.807, 2.05) is 30.3 Å². The standard InChI is InChI=1S/C24H32N4O2/c1-5-16(6-2)23(29)28-18-12-13-19(28)15-27-20(14-18)21(24(30)26(3)4)25-22(27)17-10-8-7-9-11-17/h7-11,16,18-19H,5-6,12-15H2,1-4H3. The first-order valence-corrected chi connectivity index (χ1v) is 11.1. The predicted octanol–water partition coefficient (Wildman–Crippen LogP) is 3.60. The molecule has 1 fully saturated rings. The number of amides is 2. The summed E-state index contributed by atoms with van der Waals surface area (Å²) < 4.78 is 2.21. The number of aromatic nitrogens is 2. The second-order valence-corrected chi connectivity index (χ2v) is 8.75. The molecule has 0 aliphatic carbocycles. The van der Waals surface area contributed by atoms with Crippen LogP contribution >= 0.6 is 0 Å². The molecule has 2 amide bonds. The SMILES string of the molecule is CCC(CC)C(=O)N1C2CCC1Cn1c(-c3ccccc3)nc(C(=O)N(C)C)c1C2. The van der Waals surface area contributed by atoms with E-state index in [1.54, 1.807) is 19.0 Å². The number of hydrogen-bond acceptors (Lipinski definition) is 3. The van der Waals surface area contributed by atoms with Crippen molar-refractivity contribution in [2.45, 2.75) is 64.6 Å². The van der Waals surface area contributed by atoms with E-state index in [0.717, 1.165) is 42.8 Å². The zero-order valence-corrected chi connectivity index (χ0v) is 18.5. The third-order valence-corrected chi connectivity index (χ3v) is 6.74. The highest BCUT2D eigenvalue weighted by Gasteiger charge is 2.43. The van der Waals surface area contributed by atoms with Crippen LogP contribution in [-0.2, 0) is 17.8 Å². The first-order valence-electron chi connectivity index (χ1n) is 11.1. The average molecular weight is 409 g/mol. The first kappa shape index (κ1) is 20.6. The molecule has 30 heavy (non-hydrogen) atoms. The Balaban J connectivity index is 1.79. The normalized spacial score (nSPS) is 20.2. The van der Waals surface area contributed by atoms with Crippen molar-refractivity contribution >= 4 is 11.8 Å². The summed E-state index contributed by atoms with van der Waals surface area (Å²) in [6.07, 6.45) is 4.45. The maximum absolute atomic E-state index is 13.4. The van der Waals surface area contributed by atoms with Crippen LogP contribution in [0.15, 0.2) is 30.3 Å². The summed E-state index contributed by atoms with van der Waals surface area (Å²) >= 11 is 0. The zero-order valence-electron chi connectivity index (χ0n) is 18.5. The van der Waals surface area contributed by atoms with E-state index >= 15 is 0 Å². The van der Waals surface area contributed by atoms with Gasteiger partial charge in [-0.2, -0.15) is 0 Å². The summed E-state index contributed by atoms with van der Waals surface area (Å²) in [5.74, 6) is 1.13. The summed E-state index contributed by atoms with van der Waals surface area (Å²) in [6, 6.07) is 10.4. The lowest BCUT2D eigenvalue weighted by atomic mass is 10.00. The lowest BCUT2D eigenvalue weighted by Gasteiger charge is -2.31. The van der Waals surface area contributed by atoms with Gasteiger partial charge in [0.1, 0.15) is 11.5 Å². The van der Waals surface area contributed by atoms with Crippen LogP contribution < -0.4 is 0 Å². The molecule has 1 aromatic carbocycles. The number of benzene rings is 1. The second-order valence-electron chi connectivity index (χ2n) is 8.75. The molecule has 6 heteroatoms. The van der Waals surface area contributed by atoms with Gasteiger partial charge in [-0.15, -0.1) is 0 Å². The molecule has 4 rings (SSSR count). The minimum Gasteiger partial charge on any atom is -0.343 e. The van der Waals surface area contributed by atoms with E-state index in [1.165, 1.54) is 0 Å². The van der Waals surface area contributed by atoms with Crippen LogP contribution in [0.1, 0.15) is 55.7 Å². The Morgan fingerprint density at radius 3 is 2.40 bits per heavy atom. The number of carbonyl (C=O) groups excluding carboxylic acids is 2. The van der Waals surface area contributed by atoms with Crippen molar-refractivity contribution in [1.82, 2.24) is 19.4 Å². The van der Waals surface area contributed by atoms with Gasteiger partial charge in [0.25, 0.3) is 5.91 Å². The molecule has 2 aromatic rings. The van der Waals surface area contributed by atoms with E-state index in [0.29, 0.717) is 18.7 Å². The third-order valence-electron chi connectivity index (χ3n) is 6.74. The zero-order chi connectivity index (χ0) is 21.4. The van der Waals surface area contributed by atoms with Crippen molar-refractivity contribution in [3.63, 3.8) is 0 Å². The summed E-state index contributed by atoms with van der Waals surface area (Å²) in [4.78, 5) is 34.9. The van der Waals surface area contributed by atoms with Crippen molar-refractivity contribution in [2.75, 3.05) is 14.1 Å². The third kappa shape index (κ3) is 3.42. The number of imidazole rings is 1. The molecule has 0 N–H and O–H groups in total. The number of rotatable bonds is 5. The fourth-order valence-electron chi connectivity index (χ4n) is 5.06. The lowest BCUT2D eigenvalue weighted by Crippen LogP contribution is -2.45. The highest BCUT2D eigenvalue weighted by atomic mass is 16.2. The minimum absolute atomic E-state index is 0.0726. The van der Waals surface area contributed by atoms with Gasteiger partial charge in [0.2, 0.25) is 5.91 Å². The molecule has 0 radical (unpaired) electrons. The van der Waals surface area contributed by atoms with E-state index < -0.39 is 0 Å². The van der Waals surface area contributed by atoms with E-state index in [4.69, 9.17) is 4.98 Å². The Bertz CT molecular complexity index is 930. The van der Waals surface area contributed by atoms with E-state index in [2.05, 4.69) is 23.3 Å². The van der Waals surface area contributed by atoms with Crippen LogP contribution in [0, 0.1) is 5.92 Å². The number of carbonyl (C=O) groups is 2. The van der Waals surface area contributed by atoms with Crippen LogP contribution in [0.4, 0.5) is 0 Å². The Morgan fingerprint density at radius 2 is 1.77 bits per heavy atom. The summed E-state index contributed by atoms with van der Waals surface area (Å²) in [5, 5.41) is 0. The Kier molecular flexibility index (Phi) is 5.67. The van der Waals surface area contributed by atoms with Gasteiger partial charge < -0.3 is 14.4 Å². The summed E-state index contributed by atoms with van der Waals surface area (Å²) in [6.45, 7) is 4.90. The largest absolute Gasteiger partial charge is 0.343 e. The molecule has 2 unspecified atom stereocenters. The first-order chi connectivity index (χ1) is 14.5. The van der Waals surface area contributed by atoms with Crippen molar-refractivity contribution in [3.8, 4) is 11.4 Å². The van der Waals surface area contributed by atoms with Crippen molar-refractivity contribution < 1.29 is 9.59 Å². The quantitative estimate of drug-likeness (QED) is 0.759. The molecule has 3 heterocycles. The van der Waals surface area contributed by atoms with Crippen LogP contribution in [0.2, 0.25) is 0 Å². The Morgan fingerprint density at radius 1 is 1.10 bits per heavy atom. The number of fused-ring (bicyclic) bond motifs is 3. The van der Waals surface area contributed by atoms with Crippen LogP contribution in [0.25, 0.3) is 11.4 Å². The van der Waals surface area contributed by atoms with Gasteiger partial charge in [0, 0.05) is 44.6 Å². The highest BCUT2D eigenvalue weighted by molar-refractivity contribution is 5.94. The Labute approximate surface area is 178 Å². The van der Waals surface area contributed by atoms with Gasteiger partial charge in [-0.1, -0.05) is 44.2 Å². The van der Waals surface area contributed by atoms with Crippen molar-refractivity contribution in [1.29, 1.82) is 0 Å². The number of nitrogens with zero attached hydrogens (tertiary/aromatic N) is 4. The fourth-order valence-corrected chi connectivity index (χ4v) is 5.06. The van der Waals surface area contributed by atoms with Crippen molar-refractivity contribution in [2.24, 2.45) is 5.92 Å². The molecule has 6 nitrogen and oxygen atoms in total. The molecular formula is C24H32N4O2. The molecule has 2 atom stereocenters. The van der Waals surface area contributed by atoms with E-state index in [9.17, 15) is 9.59 Å². The summed E-state index contributed by atoms with van der Waals surface area (Å²) in [5.41, 5.74) is 2.51. The van der Waals surface area contributed by atoms with Crippen molar-refractivity contribution in [3.05, 3.63) is 41.7 Å². The Hall–Kier alpha value is -2.63. The van der Waals surface area contributed by atoms with Gasteiger partial charge in [0.05, 0.1) is 11.7 Å². The molecule has 160 valence electrons. The molecule has 0 spiro atoms. The maximum Gasteiger partial charge on any atom is 0.273 e. The van der Waals surface area contributed by atoms with Gasteiger partial charge >= 0.3 is 0 Å². The second kappa shape index (κ2) is 8.25. The molecule has 1 saturated heterocycles. The lowest BCUT2D eigenvalue weighted by molar-refractivity contribution is -0.138. The van der Waals surface area contributed by atoms with Crippen LogP contribution in [0.3, 0.4) is 0 Å². The fraction of sp³-hybridized carbons (Fsp3) is 0.542. The minimum atomic E-state index is -0.0726. The molecular weight excluding hydrogens is 376 g/mol. The highest BCUT2D eigenvalue weighted by Crippen LogP contribution is 2.37. The van der Waals surface area contributed by atoms with E-state index in [-0.39, 0.29) is 29.8 Å². The topological polar surface area (TPSA) is 58.4 Å². The van der Waals surface area contributed by atoms with Crippen LogP contribution in [0.5, 0.6) is 0 Å². The number of hydrogen-bond donors (Lipinski definition) is 0. The maximum atomic E-state index is 13.4. The van der Waals surface area contributed by atoms with Gasteiger partial charge in [0.15, 0.2) is 0 Å². The molecule has 0 saturated carbocycles. The monoisotopic (exact) mass is 408 g/mol. The smallest absolute Gasteiger partial charge is 0.273 e.